The van der Waals surface area contributed by atoms with E-state index in [0.29, 0.717) is 0 Å². The molecule has 0 aliphatic rings. The molecule has 3 heteroatoms. The molecular weight excluding hydrogens is 198 g/mol. The fourth-order valence-electron chi connectivity index (χ4n) is 1.78. The topological polar surface area (TPSA) is 50.9 Å². The molecular formula is C13H15N3. The van der Waals surface area contributed by atoms with Gasteiger partial charge in [-0.2, -0.15) is 0 Å². The van der Waals surface area contributed by atoms with Gasteiger partial charge in [0.05, 0.1) is 6.04 Å². The fraction of sp³-hybridized carbons (Fsp3) is 0.154. The van der Waals surface area contributed by atoms with Crippen LogP contribution in [0, 0.1) is 6.92 Å². The predicted octanol–water partition coefficient (Wildman–Crippen LogP) is 1.94. The zero-order valence-corrected chi connectivity index (χ0v) is 9.22. The maximum absolute atomic E-state index is 5.61. The molecule has 0 aliphatic heterocycles. The average molecular weight is 213 g/mol. The van der Waals surface area contributed by atoms with Crippen LogP contribution >= 0.6 is 0 Å². The van der Waals surface area contributed by atoms with Gasteiger partial charge >= 0.3 is 0 Å². The zero-order valence-electron chi connectivity index (χ0n) is 9.22. The number of hydrogen-bond donors (Lipinski definition) is 2. The molecule has 1 heterocycles. The van der Waals surface area contributed by atoms with E-state index in [0.717, 1.165) is 11.1 Å². The van der Waals surface area contributed by atoms with Gasteiger partial charge in [-0.25, -0.2) is 5.43 Å². The number of nitrogens with two attached hydrogens (primary N) is 1. The molecule has 1 atom stereocenters. The maximum Gasteiger partial charge on any atom is 0.0725 e. The first-order valence-electron chi connectivity index (χ1n) is 5.24. The molecule has 1 aromatic heterocycles. The van der Waals surface area contributed by atoms with Crippen molar-refractivity contribution >= 4 is 0 Å². The fourth-order valence-corrected chi connectivity index (χ4v) is 1.78. The Hall–Kier alpha value is -1.71. The number of aryl methyl sites for hydroxylation is 1. The Labute approximate surface area is 95.3 Å². The molecule has 0 bridgehead atoms. The summed E-state index contributed by atoms with van der Waals surface area (Å²) in [4.78, 5) is 4.11. The SMILES string of the molecule is Cc1cccc(C(NN)c2cccnc2)c1. The summed E-state index contributed by atoms with van der Waals surface area (Å²) >= 11 is 0. The lowest BCUT2D eigenvalue weighted by molar-refractivity contribution is 0.634. The van der Waals surface area contributed by atoms with Crippen LogP contribution in [-0.2, 0) is 0 Å². The van der Waals surface area contributed by atoms with E-state index in [2.05, 4.69) is 35.5 Å². The van der Waals surface area contributed by atoms with Gasteiger partial charge in [-0.15, -0.1) is 0 Å². The van der Waals surface area contributed by atoms with E-state index in [-0.39, 0.29) is 6.04 Å². The standard InChI is InChI=1S/C13H15N3/c1-10-4-2-5-11(8-10)13(16-14)12-6-3-7-15-9-12/h2-9,13,16H,14H2,1H3. The first kappa shape index (κ1) is 10.8. The number of pyridine rings is 1. The van der Waals surface area contributed by atoms with Gasteiger partial charge in [0.15, 0.2) is 0 Å². The number of aromatic nitrogens is 1. The van der Waals surface area contributed by atoms with Crippen LogP contribution in [0.1, 0.15) is 22.7 Å². The second-order valence-corrected chi connectivity index (χ2v) is 3.80. The molecule has 16 heavy (non-hydrogen) atoms. The van der Waals surface area contributed by atoms with E-state index < -0.39 is 0 Å². The molecule has 82 valence electrons. The number of hydrogen-bond acceptors (Lipinski definition) is 3. The van der Waals surface area contributed by atoms with E-state index in [4.69, 9.17) is 5.84 Å². The summed E-state index contributed by atoms with van der Waals surface area (Å²) < 4.78 is 0. The van der Waals surface area contributed by atoms with Crippen LogP contribution < -0.4 is 11.3 Å². The summed E-state index contributed by atoms with van der Waals surface area (Å²) in [5, 5.41) is 0. The summed E-state index contributed by atoms with van der Waals surface area (Å²) in [6.45, 7) is 2.07. The van der Waals surface area contributed by atoms with Crippen LogP contribution in [0.3, 0.4) is 0 Å². The van der Waals surface area contributed by atoms with Gasteiger partial charge in [0.25, 0.3) is 0 Å². The Bertz CT molecular complexity index is 454. The van der Waals surface area contributed by atoms with Gasteiger partial charge < -0.3 is 0 Å². The Balaban J connectivity index is 2.37. The quantitative estimate of drug-likeness (QED) is 0.605. The summed E-state index contributed by atoms with van der Waals surface area (Å²) in [5.41, 5.74) is 6.26. The predicted molar refractivity (Wildman–Crippen MR) is 64.6 cm³/mol. The smallest absolute Gasteiger partial charge is 0.0725 e. The van der Waals surface area contributed by atoms with Crippen molar-refractivity contribution < 1.29 is 0 Å². The van der Waals surface area contributed by atoms with Crippen LogP contribution in [0.5, 0.6) is 0 Å². The van der Waals surface area contributed by atoms with E-state index in [1.165, 1.54) is 5.56 Å². The minimum absolute atomic E-state index is 0.00593. The van der Waals surface area contributed by atoms with Gasteiger partial charge in [-0.3, -0.25) is 10.8 Å². The molecule has 0 amide bonds. The van der Waals surface area contributed by atoms with Crippen molar-refractivity contribution in [2.24, 2.45) is 5.84 Å². The highest BCUT2D eigenvalue weighted by Gasteiger charge is 2.11. The van der Waals surface area contributed by atoms with E-state index in [1.807, 2.05) is 24.4 Å². The molecule has 0 saturated carbocycles. The van der Waals surface area contributed by atoms with Crippen molar-refractivity contribution in [1.29, 1.82) is 0 Å². The number of hydrazine groups is 1. The first-order valence-corrected chi connectivity index (χ1v) is 5.24. The largest absolute Gasteiger partial charge is 0.271 e. The molecule has 0 fully saturated rings. The van der Waals surface area contributed by atoms with Crippen LogP contribution in [-0.4, -0.2) is 4.98 Å². The van der Waals surface area contributed by atoms with E-state index >= 15 is 0 Å². The Kier molecular flexibility index (Phi) is 3.29. The van der Waals surface area contributed by atoms with Crippen molar-refractivity contribution in [3.05, 3.63) is 65.5 Å². The lowest BCUT2D eigenvalue weighted by Crippen LogP contribution is -2.28. The van der Waals surface area contributed by atoms with Gasteiger partial charge in [-0.1, -0.05) is 35.9 Å². The summed E-state index contributed by atoms with van der Waals surface area (Å²) in [6.07, 6.45) is 3.58. The van der Waals surface area contributed by atoms with Crippen LogP contribution in [0.25, 0.3) is 0 Å². The second-order valence-electron chi connectivity index (χ2n) is 3.80. The van der Waals surface area contributed by atoms with Crippen molar-refractivity contribution in [2.75, 3.05) is 0 Å². The van der Waals surface area contributed by atoms with Crippen LogP contribution in [0.4, 0.5) is 0 Å². The number of benzene rings is 1. The van der Waals surface area contributed by atoms with Crippen molar-refractivity contribution in [1.82, 2.24) is 10.4 Å². The third-order valence-electron chi connectivity index (χ3n) is 2.56. The zero-order chi connectivity index (χ0) is 11.4. The Morgan fingerprint density at radius 1 is 1.19 bits per heavy atom. The molecule has 3 N–H and O–H groups in total. The molecule has 2 aromatic rings. The molecule has 2 rings (SSSR count). The highest BCUT2D eigenvalue weighted by atomic mass is 15.2. The van der Waals surface area contributed by atoms with Crippen molar-refractivity contribution in [3.63, 3.8) is 0 Å². The second kappa shape index (κ2) is 4.88. The number of nitrogens with zero attached hydrogens (tertiary/aromatic N) is 1. The normalized spacial score (nSPS) is 12.4. The van der Waals surface area contributed by atoms with Gasteiger partial charge in [0, 0.05) is 12.4 Å². The van der Waals surface area contributed by atoms with Crippen LogP contribution in [0.15, 0.2) is 48.8 Å². The first-order chi connectivity index (χ1) is 7.81. The summed E-state index contributed by atoms with van der Waals surface area (Å²) in [6, 6.07) is 12.2. The van der Waals surface area contributed by atoms with Gasteiger partial charge in [-0.05, 0) is 24.1 Å². The monoisotopic (exact) mass is 213 g/mol. The van der Waals surface area contributed by atoms with Crippen molar-refractivity contribution in [3.8, 4) is 0 Å². The Morgan fingerprint density at radius 3 is 2.62 bits per heavy atom. The minimum atomic E-state index is -0.00593. The lowest BCUT2D eigenvalue weighted by atomic mass is 9.99. The van der Waals surface area contributed by atoms with E-state index in [1.54, 1.807) is 6.20 Å². The highest BCUT2D eigenvalue weighted by molar-refractivity contribution is 5.32. The lowest BCUT2D eigenvalue weighted by Gasteiger charge is -2.16. The average Bonchev–Trinajstić information content (AvgIpc) is 2.31. The molecule has 3 nitrogen and oxygen atoms in total. The van der Waals surface area contributed by atoms with Gasteiger partial charge in [0.1, 0.15) is 0 Å². The number of nitrogens with one attached hydrogen (secondary N) is 1. The van der Waals surface area contributed by atoms with E-state index in [9.17, 15) is 0 Å². The van der Waals surface area contributed by atoms with Gasteiger partial charge in [0.2, 0.25) is 0 Å². The van der Waals surface area contributed by atoms with Crippen molar-refractivity contribution in [2.45, 2.75) is 13.0 Å². The molecule has 1 aromatic carbocycles. The van der Waals surface area contributed by atoms with Crippen LogP contribution in [0.2, 0.25) is 0 Å². The Morgan fingerprint density at radius 2 is 2.00 bits per heavy atom. The molecule has 0 spiro atoms. The molecule has 1 unspecified atom stereocenters. The minimum Gasteiger partial charge on any atom is -0.271 e. The number of rotatable bonds is 3. The third kappa shape index (κ3) is 2.27. The molecule has 0 radical (unpaired) electrons. The summed E-state index contributed by atoms with van der Waals surface area (Å²) in [7, 11) is 0. The summed E-state index contributed by atoms with van der Waals surface area (Å²) in [5.74, 6) is 5.61. The third-order valence-corrected chi connectivity index (χ3v) is 2.56. The maximum atomic E-state index is 5.61. The molecule has 0 aliphatic carbocycles. The highest BCUT2D eigenvalue weighted by Crippen LogP contribution is 2.20. The molecule has 0 saturated heterocycles.